The van der Waals surface area contributed by atoms with Crippen molar-refractivity contribution < 1.29 is 13.3 Å². The maximum Gasteiger partial charge on any atom is 0.299 e. The molecule has 3 rings (SSSR count). The van der Waals surface area contributed by atoms with Crippen LogP contribution in [-0.2, 0) is 6.42 Å². The van der Waals surface area contributed by atoms with E-state index in [1.54, 1.807) is 12.1 Å². The number of hydrogen-bond donors (Lipinski definition) is 1. The van der Waals surface area contributed by atoms with Crippen molar-refractivity contribution >= 4 is 11.5 Å². The van der Waals surface area contributed by atoms with Crippen LogP contribution in [0.25, 0.3) is 5.65 Å². The van der Waals surface area contributed by atoms with Crippen LogP contribution in [0.4, 0.5) is 14.6 Å². The van der Waals surface area contributed by atoms with Gasteiger partial charge >= 0.3 is 0 Å². The van der Waals surface area contributed by atoms with E-state index in [1.165, 1.54) is 0 Å². The lowest BCUT2D eigenvalue weighted by Crippen LogP contribution is -2.09. The van der Waals surface area contributed by atoms with Crippen LogP contribution in [0.5, 0.6) is 0 Å². The number of rotatable bonds is 6. The normalized spacial score (nSPS) is 11.7. The van der Waals surface area contributed by atoms with Crippen molar-refractivity contribution in [2.24, 2.45) is 0 Å². The van der Waals surface area contributed by atoms with Crippen molar-refractivity contribution in [1.82, 2.24) is 30.0 Å². The minimum absolute atomic E-state index is 0.176. The zero-order chi connectivity index (χ0) is 16.4. The predicted octanol–water partition coefficient (Wildman–Crippen LogP) is 2.22. The number of halogens is 2. The van der Waals surface area contributed by atoms with Gasteiger partial charge in [-0.15, -0.1) is 15.3 Å². The molecule has 0 aliphatic heterocycles. The van der Waals surface area contributed by atoms with E-state index in [2.05, 4.69) is 30.8 Å². The molecule has 0 aliphatic carbocycles. The fourth-order valence-corrected chi connectivity index (χ4v) is 1.94. The molecule has 3 heterocycles. The number of hydrogen-bond acceptors (Lipinski definition) is 7. The molecule has 122 valence electrons. The van der Waals surface area contributed by atoms with Crippen LogP contribution in [0.1, 0.15) is 43.7 Å². The zero-order valence-electron chi connectivity index (χ0n) is 12.6. The second-order valence-electron chi connectivity index (χ2n) is 5.23. The Balaban J connectivity index is 1.65. The summed E-state index contributed by atoms with van der Waals surface area (Å²) in [7, 11) is 0. The predicted molar refractivity (Wildman–Crippen MR) is 76.3 cm³/mol. The molecule has 0 saturated carbocycles. The Bertz CT molecular complexity index is 799. The van der Waals surface area contributed by atoms with Gasteiger partial charge in [0.05, 0.1) is 0 Å². The summed E-state index contributed by atoms with van der Waals surface area (Å²) in [5, 5.41) is 18.0. The molecule has 0 amide bonds. The lowest BCUT2D eigenvalue weighted by molar-refractivity contribution is 0.137. The number of fused-ring (bicyclic) bond motifs is 1. The van der Waals surface area contributed by atoms with Gasteiger partial charge in [0.15, 0.2) is 11.5 Å². The van der Waals surface area contributed by atoms with Crippen LogP contribution in [0.2, 0.25) is 0 Å². The maximum absolute atomic E-state index is 12.8. The summed E-state index contributed by atoms with van der Waals surface area (Å²) >= 11 is 0. The molecule has 3 aromatic rings. The summed E-state index contributed by atoms with van der Waals surface area (Å²) in [6.07, 6.45) is -2.21. The number of anilines is 1. The first-order chi connectivity index (χ1) is 11.0. The van der Waals surface area contributed by atoms with E-state index in [4.69, 9.17) is 4.52 Å². The molecule has 0 fully saturated rings. The van der Waals surface area contributed by atoms with Gasteiger partial charge in [0.2, 0.25) is 11.7 Å². The molecular formula is C13H15F2N7O. The van der Waals surface area contributed by atoms with Crippen molar-refractivity contribution in [1.29, 1.82) is 0 Å². The van der Waals surface area contributed by atoms with E-state index in [1.807, 2.05) is 13.8 Å². The SMILES string of the molecule is CC(C)c1nc(CCNc2ccc3nnc(C(F)F)n3n2)no1. The Hall–Kier alpha value is -2.65. The molecule has 0 aliphatic rings. The smallest absolute Gasteiger partial charge is 0.299 e. The summed E-state index contributed by atoms with van der Waals surface area (Å²) in [5.41, 5.74) is 0.269. The van der Waals surface area contributed by atoms with Crippen LogP contribution >= 0.6 is 0 Å². The first-order valence-electron chi connectivity index (χ1n) is 7.11. The molecule has 0 atom stereocenters. The van der Waals surface area contributed by atoms with Crippen molar-refractivity contribution in [2.75, 3.05) is 11.9 Å². The second kappa shape index (κ2) is 6.23. The fourth-order valence-electron chi connectivity index (χ4n) is 1.94. The van der Waals surface area contributed by atoms with Crippen LogP contribution in [-0.4, -0.2) is 36.5 Å². The summed E-state index contributed by atoms with van der Waals surface area (Å²) in [6.45, 7) is 4.42. The van der Waals surface area contributed by atoms with Crippen molar-refractivity contribution in [2.45, 2.75) is 32.6 Å². The van der Waals surface area contributed by atoms with Crippen molar-refractivity contribution in [3.05, 3.63) is 29.7 Å². The first kappa shape index (κ1) is 15.3. The van der Waals surface area contributed by atoms with E-state index in [9.17, 15) is 8.78 Å². The average molecular weight is 323 g/mol. The highest BCUT2D eigenvalue weighted by atomic mass is 19.3. The van der Waals surface area contributed by atoms with Crippen molar-refractivity contribution in [3.8, 4) is 0 Å². The molecule has 3 aromatic heterocycles. The highest BCUT2D eigenvalue weighted by molar-refractivity contribution is 5.44. The molecule has 1 N–H and O–H groups in total. The lowest BCUT2D eigenvalue weighted by Gasteiger charge is -2.04. The molecule has 0 bridgehead atoms. The van der Waals surface area contributed by atoms with Crippen LogP contribution < -0.4 is 5.32 Å². The van der Waals surface area contributed by atoms with Gasteiger partial charge in [-0.3, -0.25) is 0 Å². The topological polar surface area (TPSA) is 94.0 Å². The van der Waals surface area contributed by atoms with E-state index in [-0.39, 0.29) is 11.6 Å². The van der Waals surface area contributed by atoms with Gasteiger partial charge in [0, 0.05) is 18.9 Å². The van der Waals surface area contributed by atoms with Gasteiger partial charge in [-0.1, -0.05) is 19.0 Å². The number of alkyl halides is 2. The van der Waals surface area contributed by atoms with E-state index in [0.29, 0.717) is 30.5 Å². The highest BCUT2D eigenvalue weighted by Gasteiger charge is 2.17. The van der Waals surface area contributed by atoms with Crippen LogP contribution in [0.15, 0.2) is 16.7 Å². The molecule has 0 aromatic carbocycles. The van der Waals surface area contributed by atoms with Gasteiger partial charge in [-0.05, 0) is 12.1 Å². The zero-order valence-corrected chi connectivity index (χ0v) is 12.6. The Morgan fingerprint density at radius 2 is 2.09 bits per heavy atom. The summed E-state index contributed by atoms with van der Waals surface area (Å²) in [5.74, 6) is 1.30. The second-order valence-corrected chi connectivity index (χ2v) is 5.23. The van der Waals surface area contributed by atoms with Crippen LogP contribution in [0.3, 0.4) is 0 Å². The molecule has 10 heteroatoms. The minimum atomic E-state index is -2.73. The number of aromatic nitrogens is 6. The Morgan fingerprint density at radius 3 is 2.78 bits per heavy atom. The third-order valence-corrected chi connectivity index (χ3v) is 3.11. The van der Waals surface area contributed by atoms with Crippen LogP contribution in [0, 0.1) is 0 Å². The van der Waals surface area contributed by atoms with E-state index in [0.717, 1.165) is 4.52 Å². The Labute approximate surface area is 129 Å². The van der Waals surface area contributed by atoms with Gasteiger partial charge < -0.3 is 9.84 Å². The summed E-state index contributed by atoms with van der Waals surface area (Å²) in [4.78, 5) is 4.26. The fraction of sp³-hybridized carbons (Fsp3) is 0.462. The van der Waals surface area contributed by atoms with Gasteiger partial charge in [-0.2, -0.15) is 9.50 Å². The van der Waals surface area contributed by atoms with Crippen molar-refractivity contribution in [3.63, 3.8) is 0 Å². The standard InChI is InChI=1S/C13H15F2N7O/c1-7(2)13-17-9(21-23-13)5-6-16-8-3-4-10-18-19-12(11(14)15)22(10)20-8/h3-4,7,11H,5-6H2,1-2H3,(H,16,20). The summed E-state index contributed by atoms with van der Waals surface area (Å²) < 4.78 is 31.7. The maximum atomic E-state index is 12.8. The molecule has 0 saturated heterocycles. The minimum Gasteiger partial charge on any atom is -0.368 e. The quantitative estimate of drug-likeness (QED) is 0.743. The third kappa shape index (κ3) is 3.25. The van der Waals surface area contributed by atoms with Gasteiger partial charge in [-0.25, -0.2) is 8.78 Å². The van der Waals surface area contributed by atoms with Gasteiger partial charge in [0.1, 0.15) is 5.82 Å². The van der Waals surface area contributed by atoms with Gasteiger partial charge in [0.25, 0.3) is 6.43 Å². The summed E-state index contributed by atoms with van der Waals surface area (Å²) in [6, 6.07) is 3.22. The monoisotopic (exact) mass is 323 g/mol. The highest BCUT2D eigenvalue weighted by Crippen LogP contribution is 2.17. The number of nitrogens with one attached hydrogen (secondary N) is 1. The molecular weight excluding hydrogens is 308 g/mol. The van der Waals surface area contributed by atoms with E-state index >= 15 is 0 Å². The molecule has 8 nitrogen and oxygen atoms in total. The third-order valence-electron chi connectivity index (χ3n) is 3.11. The largest absolute Gasteiger partial charge is 0.368 e. The average Bonchev–Trinajstić information content (AvgIpc) is 3.13. The Morgan fingerprint density at radius 1 is 1.26 bits per heavy atom. The molecule has 0 spiro atoms. The number of nitrogens with zero attached hydrogens (tertiary/aromatic N) is 6. The Kier molecular flexibility index (Phi) is 4.13. The molecule has 23 heavy (non-hydrogen) atoms. The first-order valence-corrected chi connectivity index (χ1v) is 7.11. The van der Waals surface area contributed by atoms with E-state index < -0.39 is 12.2 Å². The lowest BCUT2D eigenvalue weighted by atomic mass is 10.2. The molecule has 0 radical (unpaired) electrons. The molecule has 0 unspecified atom stereocenters.